The molecule has 2 heteroatoms. The molecule has 2 N–H and O–H groups in total. The summed E-state index contributed by atoms with van der Waals surface area (Å²) >= 11 is 2.04. The van der Waals surface area contributed by atoms with Gasteiger partial charge in [0.15, 0.2) is 0 Å². The Bertz CT molecular complexity index is 527. The van der Waals surface area contributed by atoms with E-state index in [1.54, 1.807) is 0 Å². The van der Waals surface area contributed by atoms with Crippen LogP contribution in [0.2, 0.25) is 0 Å². The Balaban J connectivity index is 1.58. The second kappa shape index (κ2) is 6.47. The number of hydrogen-bond acceptors (Lipinski definition) is 2. The van der Waals surface area contributed by atoms with Crippen molar-refractivity contribution in [3.05, 3.63) is 65.7 Å². The molecule has 1 aliphatic rings. The maximum Gasteiger partial charge on any atom is 0.0135 e. The molecule has 2 aromatic carbocycles. The summed E-state index contributed by atoms with van der Waals surface area (Å²) < 4.78 is 0. The molecule has 0 amide bonds. The van der Waals surface area contributed by atoms with Crippen LogP contribution in [0.15, 0.2) is 59.5 Å². The van der Waals surface area contributed by atoms with Crippen molar-refractivity contribution in [1.29, 1.82) is 0 Å². The van der Waals surface area contributed by atoms with Crippen molar-refractivity contribution in [3.8, 4) is 0 Å². The van der Waals surface area contributed by atoms with Gasteiger partial charge in [0.2, 0.25) is 0 Å². The molecule has 0 radical (unpaired) electrons. The maximum atomic E-state index is 5.97. The molecule has 3 rings (SSSR count). The predicted molar refractivity (Wildman–Crippen MR) is 87.3 cm³/mol. The quantitative estimate of drug-likeness (QED) is 0.889. The molecule has 2 aromatic rings. The van der Waals surface area contributed by atoms with Crippen LogP contribution in [0.4, 0.5) is 0 Å². The molecule has 20 heavy (non-hydrogen) atoms. The average molecular weight is 283 g/mol. The standard InChI is InChI=1S/C18H21NS/c19-13-16(14-6-2-1-3-7-14)10-11-17-12-15-8-4-5-9-18(15)20-17/h1-9,16-17H,10-13,19H2. The fraction of sp³-hybridized carbons (Fsp3) is 0.333. The third-order valence-corrected chi connectivity index (χ3v) is 5.49. The van der Waals surface area contributed by atoms with E-state index in [2.05, 4.69) is 54.6 Å². The van der Waals surface area contributed by atoms with E-state index in [1.807, 2.05) is 11.8 Å². The molecule has 2 atom stereocenters. The minimum Gasteiger partial charge on any atom is -0.330 e. The zero-order valence-electron chi connectivity index (χ0n) is 11.7. The van der Waals surface area contributed by atoms with Gasteiger partial charge < -0.3 is 5.73 Å². The van der Waals surface area contributed by atoms with Crippen molar-refractivity contribution >= 4 is 11.8 Å². The predicted octanol–water partition coefficient (Wildman–Crippen LogP) is 4.23. The average Bonchev–Trinajstić information content (AvgIpc) is 2.92. The molecule has 0 aromatic heterocycles. The van der Waals surface area contributed by atoms with E-state index >= 15 is 0 Å². The Hall–Kier alpha value is -1.25. The third-order valence-electron chi connectivity index (χ3n) is 4.11. The number of nitrogens with two attached hydrogens (primary N) is 1. The van der Waals surface area contributed by atoms with Gasteiger partial charge in [0.25, 0.3) is 0 Å². The van der Waals surface area contributed by atoms with E-state index in [0.29, 0.717) is 5.92 Å². The molecule has 0 bridgehead atoms. The van der Waals surface area contributed by atoms with Crippen LogP contribution in [-0.2, 0) is 6.42 Å². The largest absolute Gasteiger partial charge is 0.330 e. The summed E-state index contributed by atoms with van der Waals surface area (Å²) in [6.45, 7) is 0.744. The van der Waals surface area contributed by atoms with Crippen LogP contribution in [0, 0.1) is 0 Å². The normalized spacial score (nSPS) is 18.8. The first-order chi connectivity index (χ1) is 9.86. The number of rotatable bonds is 5. The van der Waals surface area contributed by atoms with E-state index < -0.39 is 0 Å². The smallest absolute Gasteiger partial charge is 0.0135 e. The molecule has 1 nitrogen and oxygen atoms in total. The van der Waals surface area contributed by atoms with Gasteiger partial charge in [-0.15, -0.1) is 11.8 Å². The Labute approximate surface area is 125 Å². The van der Waals surface area contributed by atoms with Crippen LogP contribution < -0.4 is 5.73 Å². The van der Waals surface area contributed by atoms with Crippen LogP contribution in [0.5, 0.6) is 0 Å². The van der Waals surface area contributed by atoms with Crippen molar-refractivity contribution in [2.24, 2.45) is 5.73 Å². The Morgan fingerprint density at radius 2 is 1.80 bits per heavy atom. The van der Waals surface area contributed by atoms with Gasteiger partial charge in [0.05, 0.1) is 0 Å². The van der Waals surface area contributed by atoms with E-state index in [1.165, 1.54) is 35.3 Å². The van der Waals surface area contributed by atoms with Crippen molar-refractivity contribution in [1.82, 2.24) is 0 Å². The first-order valence-corrected chi connectivity index (χ1v) is 8.24. The van der Waals surface area contributed by atoms with Crippen molar-refractivity contribution in [2.75, 3.05) is 6.54 Å². The summed E-state index contributed by atoms with van der Waals surface area (Å²) in [5.74, 6) is 0.500. The summed E-state index contributed by atoms with van der Waals surface area (Å²) in [6, 6.07) is 19.5. The molecule has 2 unspecified atom stereocenters. The minimum absolute atomic E-state index is 0.500. The SMILES string of the molecule is NCC(CCC1Cc2ccccc2S1)c1ccccc1. The summed E-state index contributed by atoms with van der Waals surface area (Å²) in [6.07, 6.45) is 3.65. The summed E-state index contributed by atoms with van der Waals surface area (Å²) in [4.78, 5) is 1.47. The van der Waals surface area contributed by atoms with Gasteiger partial charge in [-0.25, -0.2) is 0 Å². The molecule has 0 saturated carbocycles. The fourth-order valence-corrected chi connectivity index (χ4v) is 4.28. The first kappa shape index (κ1) is 13.7. The van der Waals surface area contributed by atoms with Gasteiger partial charge in [-0.05, 0) is 48.9 Å². The summed E-state index contributed by atoms with van der Waals surface area (Å²) in [5.41, 5.74) is 8.87. The van der Waals surface area contributed by atoms with Crippen LogP contribution in [0.3, 0.4) is 0 Å². The van der Waals surface area contributed by atoms with Crippen LogP contribution in [0.25, 0.3) is 0 Å². The molecular formula is C18H21NS. The lowest BCUT2D eigenvalue weighted by atomic mass is 9.93. The highest BCUT2D eigenvalue weighted by Crippen LogP contribution is 2.39. The molecule has 1 heterocycles. The lowest BCUT2D eigenvalue weighted by Crippen LogP contribution is -2.14. The molecule has 1 aliphatic heterocycles. The first-order valence-electron chi connectivity index (χ1n) is 7.36. The lowest BCUT2D eigenvalue weighted by Gasteiger charge is -2.17. The monoisotopic (exact) mass is 283 g/mol. The zero-order valence-corrected chi connectivity index (χ0v) is 12.5. The van der Waals surface area contributed by atoms with Gasteiger partial charge in [0, 0.05) is 10.1 Å². The lowest BCUT2D eigenvalue weighted by molar-refractivity contribution is 0.587. The van der Waals surface area contributed by atoms with Crippen LogP contribution >= 0.6 is 11.8 Å². The molecule has 0 saturated heterocycles. The number of thioether (sulfide) groups is 1. The van der Waals surface area contributed by atoms with Gasteiger partial charge in [0.1, 0.15) is 0 Å². The van der Waals surface area contributed by atoms with Crippen molar-refractivity contribution in [2.45, 2.75) is 35.3 Å². The van der Waals surface area contributed by atoms with Gasteiger partial charge >= 0.3 is 0 Å². The van der Waals surface area contributed by atoms with Crippen LogP contribution in [0.1, 0.15) is 29.9 Å². The highest BCUT2D eigenvalue weighted by Gasteiger charge is 2.22. The Morgan fingerprint density at radius 3 is 2.55 bits per heavy atom. The van der Waals surface area contributed by atoms with E-state index in [0.717, 1.165) is 11.8 Å². The van der Waals surface area contributed by atoms with Crippen LogP contribution in [-0.4, -0.2) is 11.8 Å². The Morgan fingerprint density at radius 1 is 1.05 bits per heavy atom. The van der Waals surface area contributed by atoms with E-state index in [4.69, 9.17) is 5.73 Å². The highest BCUT2D eigenvalue weighted by atomic mass is 32.2. The molecule has 0 fully saturated rings. The number of benzene rings is 2. The molecular weight excluding hydrogens is 262 g/mol. The molecule has 0 spiro atoms. The van der Waals surface area contributed by atoms with Gasteiger partial charge in [-0.3, -0.25) is 0 Å². The topological polar surface area (TPSA) is 26.0 Å². The van der Waals surface area contributed by atoms with E-state index in [9.17, 15) is 0 Å². The van der Waals surface area contributed by atoms with Crippen molar-refractivity contribution < 1.29 is 0 Å². The van der Waals surface area contributed by atoms with E-state index in [-0.39, 0.29) is 0 Å². The number of hydrogen-bond donors (Lipinski definition) is 1. The summed E-state index contributed by atoms with van der Waals surface area (Å²) in [7, 11) is 0. The zero-order chi connectivity index (χ0) is 13.8. The fourth-order valence-electron chi connectivity index (χ4n) is 2.95. The van der Waals surface area contributed by atoms with Crippen molar-refractivity contribution in [3.63, 3.8) is 0 Å². The second-order valence-corrected chi connectivity index (χ2v) is 6.81. The maximum absolute atomic E-state index is 5.97. The minimum atomic E-state index is 0.500. The third kappa shape index (κ3) is 3.08. The number of fused-ring (bicyclic) bond motifs is 1. The highest BCUT2D eigenvalue weighted by molar-refractivity contribution is 8.00. The Kier molecular flexibility index (Phi) is 4.44. The molecule has 0 aliphatic carbocycles. The summed E-state index contributed by atoms with van der Waals surface area (Å²) in [5, 5.41) is 0.727. The van der Waals surface area contributed by atoms with Gasteiger partial charge in [-0.2, -0.15) is 0 Å². The van der Waals surface area contributed by atoms with Gasteiger partial charge in [-0.1, -0.05) is 48.5 Å². The second-order valence-electron chi connectivity index (χ2n) is 5.47. The molecule has 104 valence electrons.